The van der Waals surface area contributed by atoms with Gasteiger partial charge in [0.25, 0.3) is 5.91 Å². The van der Waals surface area contributed by atoms with Crippen molar-refractivity contribution >= 4 is 5.91 Å². The fraction of sp³-hybridized carbons (Fsp3) is 0.154. The number of rotatable bonds is 4. The predicted molar refractivity (Wildman–Crippen MR) is 69.8 cm³/mol. The van der Waals surface area contributed by atoms with E-state index in [2.05, 4.69) is 15.5 Å². The molecule has 0 fully saturated rings. The van der Waals surface area contributed by atoms with Crippen LogP contribution in [-0.4, -0.2) is 23.2 Å². The number of nitrogens with one attached hydrogen (secondary N) is 1. The number of halogens is 1. The number of carbonyl (C=O) groups excluding carboxylic acids is 1. The molecule has 0 radical (unpaired) electrons. The monoisotopic (exact) mass is 276 g/mol. The highest BCUT2D eigenvalue weighted by Crippen LogP contribution is 2.23. The molecule has 0 aliphatic carbocycles. The van der Waals surface area contributed by atoms with Crippen LogP contribution < -0.4 is 15.8 Å². The number of amides is 1. The van der Waals surface area contributed by atoms with E-state index in [4.69, 9.17) is 10.5 Å². The third-order valence-corrected chi connectivity index (χ3v) is 2.55. The summed E-state index contributed by atoms with van der Waals surface area (Å²) in [6.07, 6.45) is 0. The van der Waals surface area contributed by atoms with Gasteiger partial charge in [0.1, 0.15) is 0 Å². The van der Waals surface area contributed by atoms with Crippen molar-refractivity contribution in [3.05, 3.63) is 47.4 Å². The first-order chi connectivity index (χ1) is 9.63. The molecule has 0 spiro atoms. The molecule has 20 heavy (non-hydrogen) atoms. The van der Waals surface area contributed by atoms with E-state index >= 15 is 0 Å². The second-order valence-corrected chi connectivity index (χ2v) is 3.91. The van der Waals surface area contributed by atoms with E-state index < -0.39 is 5.82 Å². The lowest BCUT2D eigenvalue weighted by Crippen LogP contribution is -2.19. The first-order valence-electron chi connectivity index (χ1n) is 5.86. The Kier molecular flexibility index (Phi) is 4.21. The summed E-state index contributed by atoms with van der Waals surface area (Å²) < 4.78 is 18.9. The van der Waals surface area contributed by atoms with Crippen LogP contribution in [0.25, 0.3) is 0 Å². The third-order valence-electron chi connectivity index (χ3n) is 2.55. The molecule has 1 heterocycles. The smallest absolute Gasteiger partial charge is 0.271 e. The predicted octanol–water partition coefficient (Wildman–Crippen LogP) is 1.23. The van der Waals surface area contributed by atoms with Gasteiger partial charge in [-0.3, -0.25) is 4.79 Å². The SMILES string of the molecule is CNC(=O)c1ccc(Oc2ccc(CN)cc2F)nn1. The van der Waals surface area contributed by atoms with Gasteiger partial charge in [0.2, 0.25) is 5.88 Å². The van der Waals surface area contributed by atoms with E-state index in [0.29, 0.717) is 5.56 Å². The molecule has 1 amide bonds. The first kappa shape index (κ1) is 13.9. The summed E-state index contributed by atoms with van der Waals surface area (Å²) in [5.41, 5.74) is 6.23. The minimum atomic E-state index is -0.537. The number of ether oxygens (including phenoxy) is 1. The van der Waals surface area contributed by atoms with Gasteiger partial charge in [0.05, 0.1) is 0 Å². The maximum absolute atomic E-state index is 13.7. The number of aromatic nitrogens is 2. The molecule has 7 heteroatoms. The lowest BCUT2D eigenvalue weighted by atomic mass is 10.2. The second kappa shape index (κ2) is 6.07. The molecule has 3 N–H and O–H groups in total. The van der Waals surface area contributed by atoms with E-state index in [1.165, 1.54) is 31.3 Å². The highest BCUT2D eigenvalue weighted by Gasteiger charge is 2.09. The van der Waals surface area contributed by atoms with Crippen LogP contribution in [0.1, 0.15) is 16.1 Å². The zero-order valence-electron chi connectivity index (χ0n) is 10.8. The van der Waals surface area contributed by atoms with Gasteiger partial charge in [0.15, 0.2) is 17.3 Å². The molecule has 6 nitrogen and oxygen atoms in total. The van der Waals surface area contributed by atoms with Crippen molar-refractivity contribution < 1.29 is 13.9 Å². The molecule has 2 aromatic rings. The van der Waals surface area contributed by atoms with Crippen LogP contribution in [0.3, 0.4) is 0 Å². The number of nitrogens with two attached hydrogens (primary N) is 1. The Balaban J connectivity index is 2.16. The fourth-order valence-electron chi connectivity index (χ4n) is 1.49. The second-order valence-electron chi connectivity index (χ2n) is 3.91. The van der Waals surface area contributed by atoms with E-state index in [-0.39, 0.29) is 29.8 Å². The Bertz CT molecular complexity index is 616. The summed E-state index contributed by atoms with van der Waals surface area (Å²) >= 11 is 0. The van der Waals surface area contributed by atoms with Gasteiger partial charge < -0.3 is 15.8 Å². The van der Waals surface area contributed by atoms with E-state index in [1.807, 2.05) is 0 Å². The Morgan fingerprint density at radius 3 is 2.70 bits per heavy atom. The Labute approximate surface area is 114 Å². The van der Waals surface area contributed by atoms with Crippen LogP contribution in [0.2, 0.25) is 0 Å². The van der Waals surface area contributed by atoms with Gasteiger partial charge in [0, 0.05) is 19.7 Å². The summed E-state index contributed by atoms with van der Waals surface area (Å²) in [6.45, 7) is 0.248. The molecule has 0 unspecified atom stereocenters. The Hall–Kier alpha value is -2.54. The minimum absolute atomic E-state index is 0.0178. The van der Waals surface area contributed by atoms with Crippen molar-refractivity contribution in [2.45, 2.75) is 6.54 Å². The van der Waals surface area contributed by atoms with Gasteiger partial charge in [-0.15, -0.1) is 10.2 Å². The topological polar surface area (TPSA) is 90.1 Å². The third kappa shape index (κ3) is 3.07. The van der Waals surface area contributed by atoms with Gasteiger partial charge >= 0.3 is 0 Å². The average Bonchev–Trinajstić information content (AvgIpc) is 2.49. The fourth-order valence-corrected chi connectivity index (χ4v) is 1.49. The number of benzene rings is 1. The van der Waals surface area contributed by atoms with E-state index in [1.54, 1.807) is 6.07 Å². The molecule has 104 valence electrons. The van der Waals surface area contributed by atoms with Gasteiger partial charge in [-0.05, 0) is 23.8 Å². The molecule has 1 aromatic carbocycles. The van der Waals surface area contributed by atoms with Crippen molar-refractivity contribution in [3.63, 3.8) is 0 Å². The van der Waals surface area contributed by atoms with Gasteiger partial charge in [-0.2, -0.15) is 0 Å². The molecule has 0 saturated carbocycles. The van der Waals surface area contributed by atoms with Crippen LogP contribution in [0.4, 0.5) is 4.39 Å². The standard InChI is InChI=1S/C13H13FN4O2/c1-16-13(19)10-3-5-12(18-17-10)20-11-4-2-8(7-15)6-9(11)14/h2-6H,7,15H2,1H3,(H,16,19). The lowest BCUT2D eigenvalue weighted by molar-refractivity contribution is 0.0957. The summed E-state index contributed by atoms with van der Waals surface area (Å²) in [6, 6.07) is 7.29. The van der Waals surface area contributed by atoms with Crippen LogP contribution in [0, 0.1) is 5.82 Å². The maximum Gasteiger partial charge on any atom is 0.271 e. The highest BCUT2D eigenvalue weighted by molar-refractivity contribution is 5.91. The van der Waals surface area contributed by atoms with Crippen LogP contribution in [0.15, 0.2) is 30.3 Å². The summed E-state index contributed by atoms with van der Waals surface area (Å²) in [5.74, 6) is -0.783. The van der Waals surface area contributed by atoms with Crippen LogP contribution in [-0.2, 0) is 6.54 Å². The van der Waals surface area contributed by atoms with E-state index in [9.17, 15) is 9.18 Å². The number of hydrogen-bond acceptors (Lipinski definition) is 5. The summed E-state index contributed by atoms with van der Waals surface area (Å²) in [7, 11) is 1.49. The van der Waals surface area contributed by atoms with E-state index in [0.717, 1.165) is 0 Å². The average molecular weight is 276 g/mol. The maximum atomic E-state index is 13.7. The summed E-state index contributed by atoms with van der Waals surface area (Å²) in [5, 5.41) is 9.80. The number of carbonyl (C=O) groups is 1. The van der Waals surface area contributed by atoms with Crippen molar-refractivity contribution in [2.75, 3.05) is 7.05 Å². The zero-order valence-corrected chi connectivity index (χ0v) is 10.8. The molecule has 0 atom stereocenters. The van der Waals surface area contributed by atoms with Crippen LogP contribution >= 0.6 is 0 Å². The van der Waals surface area contributed by atoms with Crippen molar-refractivity contribution in [3.8, 4) is 11.6 Å². The molecule has 2 rings (SSSR count). The number of hydrogen-bond donors (Lipinski definition) is 2. The normalized spacial score (nSPS) is 10.2. The van der Waals surface area contributed by atoms with Crippen molar-refractivity contribution in [1.29, 1.82) is 0 Å². The molecule has 0 aliphatic rings. The van der Waals surface area contributed by atoms with Gasteiger partial charge in [-0.1, -0.05) is 6.07 Å². The lowest BCUT2D eigenvalue weighted by Gasteiger charge is -2.06. The highest BCUT2D eigenvalue weighted by atomic mass is 19.1. The zero-order chi connectivity index (χ0) is 14.5. The largest absolute Gasteiger partial charge is 0.434 e. The molecule has 0 saturated heterocycles. The number of nitrogens with zero attached hydrogens (tertiary/aromatic N) is 2. The van der Waals surface area contributed by atoms with Gasteiger partial charge in [-0.25, -0.2) is 4.39 Å². The molecule has 1 aromatic heterocycles. The van der Waals surface area contributed by atoms with Crippen molar-refractivity contribution in [2.24, 2.45) is 5.73 Å². The van der Waals surface area contributed by atoms with Crippen LogP contribution in [0.5, 0.6) is 11.6 Å². The van der Waals surface area contributed by atoms with Crippen molar-refractivity contribution in [1.82, 2.24) is 15.5 Å². The summed E-state index contributed by atoms with van der Waals surface area (Å²) in [4.78, 5) is 11.3. The molecule has 0 bridgehead atoms. The minimum Gasteiger partial charge on any atom is -0.434 e. The first-order valence-corrected chi connectivity index (χ1v) is 5.86. The molecular weight excluding hydrogens is 263 g/mol. The Morgan fingerprint density at radius 1 is 1.35 bits per heavy atom. The Morgan fingerprint density at radius 2 is 2.15 bits per heavy atom. The quantitative estimate of drug-likeness (QED) is 0.876. The molecular formula is C13H13FN4O2. The molecule has 0 aliphatic heterocycles.